The third-order valence-corrected chi connectivity index (χ3v) is 5.00. The standard InChI is InChI=1S/C21H23N3O2/c1-26-19-8-5-4-7-16(19)14-22-21(25)15-10-11-18-17(13-15)23-20-9-3-2-6-12-24(18)20/h4-5,7-8,10-11,13H,2-3,6,9,12,14H2,1H3,(H,22,25). The second-order valence-electron chi connectivity index (χ2n) is 6.69. The van der Waals surface area contributed by atoms with Crippen LogP contribution in [0.3, 0.4) is 0 Å². The topological polar surface area (TPSA) is 56.1 Å². The smallest absolute Gasteiger partial charge is 0.251 e. The Hall–Kier alpha value is -2.82. The Morgan fingerprint density at radius 3 is 2.96 bits per heavy atom. The van der Waals surface area contributed by atoms with Gasteiger partial charge in [0.1, 0.15) is 11.6 Å². The summed E-state index contributed by atoms with van der Waals surface area (Å²) in [5.41, 5.74) is 3.63. The number of aromatic nitrogens is 2. The predicted molar refractivity (Wildman–Crippen MR) is 101 cm³/mol. The summed E-state index contributed by atoms with van der Waals surface area (Å²) >= 11 is 0. The second kappa shape index (κ2) is 7.20. The van der Waals surface area contributed by atoms with Gasteiger partial charge in [0.2, 0.25) is 0 Å². The molecule has 1 aromatic heterocycles. The van der Waals surface area contributed by atoms with Crippen LogP contribution in [0, 0.1) is 0 Å². The number of nitrogens with zero attached hydrogens (tertiary/aromatic N) is 2. The summed E-state index contributed by atoms with van der Waals surface area (Å²) in [5.74, 6) is 1.83. The van der Waals surface area contributed by atoms with Crippen LogP contribution < -0.4 is 10.1 Å². The van der Waals surface area contributed by atoms with Crippen LogP contribution in [0.4, 0.5) is 0 Å². The van der Waals surface area contributed by atoms with E-state index in [2.05, 4.69) is 9.88 Å². The van der Waals surface area contributed by atoms with Crippen molar-refractivity contribution in [3.8, 4) is 5.75 Å². The van der Waals surface area contributed by atoms with Gasteiger partial charge in [-0.3, -0.25) is 4.79 Å². The maximum Gasteiger partial charge on any atom is 0.251 e. The maximum atomic E-state index is 12.6. The number of nitrogens with one attached hydrogen (secondary N) is 1. The van der Waals surface area contributed by atoms with Crippen LogP contribution in [0.2, 0.25) is 0 Å². The minimum absolute atomic E-state index is 0.0963. The van der Waals surface area contributed by atoms with Gasteiger partial charge in [-0.2, -0.15) is 0 Å². The Morgan fingerprint density at radius 1 is 1.19 bits per heavy atom. The summed E-state index contributed by atoms with van der Waals surface area (Å²) in [7, 11) is 1.64. The van der Waals surface area contributed by atoms with Crippen LogP contribution in [-0.2, 0) is 19.5 Å². The van der Waals surface area contributed by atoms with Gasteiger partial charge in [0, 0.05) is 30.6 Å². The molecule has 26 heavy (non-hydrogen) atoms. The molecule has 0 bridgehead atoms. The third-order valence-electron chi connectivity index (χ3n) is 5.00. The van der Waals surface area contributed by atoms with Crippen molar-refractivity contribution in [3.05, 3.63) is 59.4 Å². The predicted octanol–water partition coefficient (Wildman–Crippen LogP) is 3.70. The number of amides is 1. The summed E-state index contributed by atoms with van der Waals surface area (Å²) in [4.78, 5) is 17.3. The SMILES string of the molecule is COc1ccccc1CNC(=O)c1ccc2c(c1)nc1n2CCCCC1. The molecule has 0 unspecified atom stereocenters. The molecular weight excluding hydrogens is 326 g/mol. The lowest BCUT2D eigenvalue weighted by atomic mass is 10.1. The zero-order chi connectivity index (χ0) is 17.9. The van der Waals surface area contributed by atoms with E-state index in [1.54, 1.807) is 7.11 Å². The van der Waals surface area contributed by atoms with Crippen molar-refractivity contribution in [2.75, 3.05) is 7.11 Å². The fraction of sp³-hybridized carbons (Fsp3) is 0.333. The van der Waals surface area contributed by atoms with Crippen molar-refractivity contribution in [2.45, 2.75) is 38.8 Å². The van der Waals surface area contributed by atoms with Crippen molar-refractivity contribution in [1.82, 2.24) is 14.9 Å². The Balaban J connectivity index is 1.54. The highest BCUT2D eigenvalue weighted by Crippen LogP contribution is 2.23. The van der Waals surface area contributed by atoms with E-state index in [9.17, 15) is 4.79 Å². The van der Waals surface area contributed by atoms with E-state index < -0.39 is 0 Å². The lowest BCUT2D eigenvalue weighted by molar-refractivity contribution is 0.0951. The van der Waals surface area contributed by atoms with Crippen LogP contribution in [0.1, 0.15) is 41.0 Å². The van der Waals surface area contributed by atoms with Crippen LogP contribution >= 0.6 is 0 Å². The lowest BCUT2D eigenvalue weighted by Crippen LogP contribution is -2.23. The van der Waals surface area contributed by atoms with E-state index in [1.807, 2.05) is 42.5 Å². The number of imidazole rings is 1. The van der Waals surface area contributed by atoms with E-state index in [0.717, 1.165) is 41.1 Å². The largest absolute Gasteiger partial charge is 0.496 e. The number of hydrogen-bond donors (Lipinski definition) is 1. The van der Waals surface area contributed by atoms with Crippen molar-refractivity contribution in [2.24, 2.45) is 0 Å². The number of methoxy groups -OCH3 is 1. The Morgan fingerprint density at radius 2 is 2.08 bits per heavy atom. The summed E-state index contributed by atoms with van der Waals surface area (Å²) in [6, 6.07) is 13.5. The minimum Gasteiger partial charge on any atom is -0.496 e. The van der Waals surface area contributed by atoms with Gasteiger partial charge in [0.05, 0.1) is 18.1 Å². The number of hydrogen-bond acceptors (Lipinski definition) is 3. The molecule has 0 saturated heterocycles. The molecule has 2 aromatic carbocycles. The number of aryl methyl sites for hydroxylation is 2. The molecule has 0 aliphatic carbocycles. The molecule has 1 N–H and O–H groups in total. The number of ether oxygens (including phenoxy) is 1. The van der Waals surface area contributed by atoms with Gasteiger partial charge in [-0.1, -0.05) is 24.6 Å². The fourth-order valence-corrected chi connectivity index (χ4v) is 3.62. The van der Waals surface area contributed by atoms with Gasteiger partial charge in [0.15, 0.2) is 0 Å². The first-order valence-electron chi connectivity index (χ1n) is 9.15. The molecule has 0 atom stereocenters. The summed E-state index contributed by atoms with van der Waals surface area (Å²) < 4.78 is 7.64. The zero-order valence-electron chi connectivity index (χ0n) is 15.0. The number of carbonyl (C=O) groups excluding carboxylic acids is 1. The average Bonchev–Trinajstić information content (AvgIpc) is 2.86. The Kier molecular flexibility index (Phi) is 4.61. The van der Waals surface area contributed by atoms with Crippen molar-refractivity contribution < 1.29 is 9.53 Å². The first kappa shape index (κ1) is 16.6. The lowest BCUT2D eigenvalue weighted by Gasteiger charge is -2.10. The molecule has 0 saturated carbocycles. The average molecular weight is 349 g/mol. The molecule has 2 heterocycles. The zero-order valence-corrected chi connectivity index (χ0v) is 15.0. The van der Waals surface area contributed by atoms with Gasteiger partial charge in [-0.15, -0.1) is 0 Å². The maximum absolute atomic E-state index is 12.6. The summed E-state index contributed by atoms with van der Waals surface area (Å²) in [6.45, 7) is 1.45. The van der Waals surface area contributed by atoms with Gasteiger partial charge in [-0.05, 0) is 37.1 Å². The molecule has 1 aliphatic rings. The Bertz CT molecular complexity index is 946. The number of fused-ring (bicyclic) bond motifs is 3. The fourth-order valence-electron chi connectivity index (χ4n) is 3.62. The summed E-state index contributed by atoms with van der Waals surface area (Å²) in [6.07, 6.45) is 4.66. The molecule has 4 rings (SSSR count). The highest BCUT2D eigenvalue weighted by Gasteiger charge is 2.15. The number of para-hydroxylation sites is 1. The van der Waals surface area contributed by atoms with Gasteiger partial charge >= 0.3 is 0 Å². The molecule has 0 radical (unpaired) electrons. The molecule has 0 fully saturated rings. The quantitative estimate of drug-likeness (QED) is 0.781. The first-order valence-corrected chi connectivity index (χ1v) is 9.15. The van der Waals surface area contributed by atoms with Gasteiger partial charge in [0.25, 0.3) is 5.91 Å². The highest BCUT2D eigenvalue weighted by atomic mass is 16.5. The van der Waals surface area contributed by atoms with Gasteiger partial charge in [-0.25, -0.2) is 4.98 Å². The van der Waals surface area contributed by atoms with E-state index in [-0.39, 0.29) is 5.91 Å². The Labute approximate surface area is 153 Å². The van der Waals surface area contributed by atoms with Crippen molar-refractivity contribution >= 4 is 16.9 Å². The van der Waals surface area contributed by atoms with Crippen LogP contribution in [0.25, 0.3) is 11.0 Å². The number of rotatable bonds is 4. The first-order chi connectivity index (χ1) is 12.8. The molecule has 0 spiro atoms. The number of benzene rings is 2. The molecular formula is C21H23N3O2. The monoisotopic (exact) mass is 349 g/mol. The van der Waals surface area contributed by atoms with Gasteiger partial charge < -0.3 is 14.6 Å². The van der Waals surface area contributed by atoms with Crippen LogP contribution in [0.5, 0.6) is 5.75 Å². The molecule has 134 valence electrons. The normalized spacial score (nSPS) is 13.9. The van der Waals surface area contributed by atoms with E-state index in [0.29, 0.717) is 12.1 Å². The molecule has 5 nitrogen and oxygen atoms in total. The van der Waals surface area contributed by atoms with E-state index in [1.165, 1.54) is 19.3 Å². The molecule has 1 amide bonds. The van der Waals surface area contributed by atoms with Crippen molar-refractivity contribution in [1.29, 1.82) is 0 Å². The van der Waals surface area contributed by atoms with E-state index in [4.69, 9.17) is 9.72 Å². The number of carbonyl (C=O) groups is 1. The molecule has 3 aromatic rings. The molecule has 5 heteroatoms. The highest BCUT2D eigenvalue weighted by molar-refractivity contribution is 5.97. The van der Waals surface area contributed by atoms with Crippen molar-refractivity contribution in [3.63, 3.8) is 0 Å². The van der Waals surface area contributed by atoms with E-state index >= 15 is 0 Å². The second-order valence-corrected chi connectivity index (χ2v) is 6.69. The summed E-state index contributed by atoms with van der Waals surface area (Å²) in [5, 5.41) is 2.97. The third kappa shape index (κ3) is 3.17. The van der Waals surface area contributed by atoms with Crippen LogP contribution in [0.15, 0.2) is 42.5 Å². The molecule has 1 aliphatic heterocycles. The minimum atomic E-state index is -0.0963. The van der Waals surface area contributed by atoms with Crippen LogP contribution in [-0.4, -0.2) is 22.6 Å².